The van der Waals surface area contributed by atoms with E-state index in [1.54, 1.807) is 18.6 Å². The summed E-state index contributed by atoms with van der Waals surface area (Å²) in [4.78, 5) is 33.4. The van der Waals surface area contributed by atoms with E-state index in [2.05, 4.69) is 25.3 Å². The highest BCUT2D eigenvalue weighted by Gasteiger charge is 2.25. The summed E-state index contributed by atoms with van der Waals surface area (Å²) >= 11 is 0. The van der Waals surface area contributed by atoms with E-state index in [-0.39, 0.29) is 5.91 Å². The van der Waals surface area contributed by atoms with Crippen LogP contribution in [-0.4, -0.2) is 62.8 Å². The van der Waals surface area contributed by atoms with Crippen molar-refractivity contribution in [1.82, 2.24) is 29.7 Å². The molecule has 0 saturated heterocycles. The van der Waals surface area contributed by atoms with Gasteiger partial charge in [-0.1, -0.05) is 6.08 Å². The number of aromatic nitrogens is 4. The number of H-pyrrole nitrogens is 1. The van der Waals surface area contributed by atoms with Gasteiger partial charge in [-0.15, -0.1) is 0 Å². The first-order valence-electron chi connectivity index (χ1n) is 12.3. The van der Waals surface area contributed by atoms with Crippen molar-refractivity contribution in [2.75, 3.05) is 32.5 Å². The van der Waals surface area contributed by atoms with Crippen LogP contribution < -0.4 is 10.1 Å². The van der Waals surface area contributed by atoms with E-state index in [0.717, 1.165) is 58.0 Å². The quantitative estimate of drug-likeness (QED) is 0.363. The zero-order valence-corrected chi connectivity index (χ0v) is 21.6. The average molecular weight is 498 g/mol. The predicted octanol–water partition coefficient (Wildman–Crippen LogP) is 4.51. The Balaban J connectivity index is 1.37. The predicted molar refractivity (Wildman–Crippen MR) is 144 cm³/mol. The van der Waals surface area contributed by atoms with E-state index < -0.39 is 0 Å². The fourth-order valence-corrected chi connectivity index (χ4v) is 4.41. The second-order valence-electron chi connectivity index (χ2n) is 9.55. The van der Waals surface area contributed by atoms with Crippen LogP contribution >= 0.6 is 0 Å². The molecule has 0 fully saturated rings. The third-order valence-corrected chi connectivity index (χ3v) is 6.36. The first-order valence-corrected chi connectivity index (χ1v) is 12.3. The summed E-state index contributed by atoms with van der Waals surface area (Å²) < 4.78 is 6.01. The van der Waals surface area contributed by atoms with Crippen LogP contribution in [0.4, 0.5) is 11.5 Å². The molecule has 0 spiro atoms. The van der Waals surface area contributed by atoms with Gasteiger partial charge in [-0.05, 0) is 63.8 Å². The van der Waals surface area contributed by atoms with Gasteiger partial charge in [-0.25, -0.2) is 9.97 Å². The molecular formula is C28H31N7O2. The lowest BCUT2D eigenvalue weighted by Gasteiger charge is -2.26. The molecule has 1 aliphatic rings. The van der Waals surface area contributed by atoms with Gasteiger partial charge >= 0.3 is 0 Å². The number of fused-ring (bicyclic) bond motifs is 3. The van der Waals surface area contributed by atoms with Crippen LogP contribution in [0.1, 0.15) is 22.5 Å². The molecule has 0 aliphatic carbocycles. The number of carbonyl (C=O) groups is 1. The zero-order chi connectivity index (χ0) is 25.9. The number of hydrogen-bond donors (Lipinski definition) is 2. The number of likely N-dealkylation sites (N-methyl/N-ethyl adjacent to an activating group) is 1. The third kappa shape index (κ3) is 5.46. The number of ether oxygens (including phenoxy) is 1. The topological polar surface area (TPSA) is 99.3 Å². The Morgan fingerprint density at radius 1 is 1.19 bits per heavy atom. The van der Waals surface area contributed by atoms with Crippen molar-refractivity contribution in [3.63, 3.8) is 0 Å². The Bertz CT molecular complexity index is 1460. The fourth-order valence-electron chi connectivity index (χ4n) is 4.41. The summed E-state index contributed by atoms with van der Waals surface area (Å²) in [6.07, 6.45) is 7.58. The number of hydrogen-bond acceptors (Lipinski definition) is 7. The van der Waals surface area contributed by atoms with Crippen LogP contribution in [0.15, 0.2) is 55.0 Å². The van der Waals surface area contributed by atoms with Crippen LogP contribution in [-0.2, 0) is 17.8 Å². The minimum atomic E-state index is 0.0169. The van der Waals surface area contributed by atoms with Gasteiger partial charge in [-0.2, -0.15) is 0 Å². The SMILES string of the molecule is Cc1ccc(Oc2ccc(Nc3ncnc4[nH]c5c(c34)CN(C(=O)/C=C/CN(C)C)CC5)cc2C)cn1. The fraction of sp³-hybridized carbons (Fsp3) is 0.286. The molecular weight excluding hydrogens is 466 g/mol. The molecule has 37 heavy (non-hydrogen) atoms. The van der Waals surface area contributed by atoms with Crippen molar-refractivity contribution in [3.05, 3.63) is 77.5 Å². The number of nitrogens with zero attached hydrogens (tertiary/aromatic N) is 5. The molecule has 9 nitrogen and oxygen atoms in total. The minimum absolute atomic E-state index is 0.0169. The molecule has 0 saturated carbocycles. The Morgan fingerprint density at radius 2 is 2.05 bits per heavy atom. The van der Waals surface area contributed by atoms with Crippen molar-refractivity contribution < 1.29 is 9.53 Å². The number of benzene rings is 1. The second-order valence-corrected chi connectivity index (χ2v) is 9.55. The van der Waals surface area contributed by atoms with Crippen molar-refractivity contribution >= 4 is 28.4 Å². The van der Waals surface area contributed by atoms with Crippen molar-refractivity contribution in [2.45, 2.75) is 26.8 Å². The molecule has 4 heterocycles. The lowest BCUT2D eigenvalue weighted by molar-refractivity contribution is -0.126. The summed E-state index contributed by atoms with van der Waals surface area (Å²) in [6.45, 7) is 5.85. The molecule has 4 aromatic rings. The van der Waals surface area contributed by atoms with Gasteiger partial charge in [-0.3, -0.25) is 9.78 Å². The number of amides is 1. The van der Waals surface area contributed by atoms with Gasteiger partial charge in [0.25, 0.3) is 0 Å². The summed E-state index contributed by atoms with van der Waals surface area (Å²) in [7, 11) is 3.96. The van der Waals surface area contributed by atoms with Crippen molar-refractivity contribution in [3.8, 4) is 11.5 Å². The van der Waals surface area contributed by atoms with Gasteiger partial charge in [0.2, 0.25) is 5.91 Å². The van der Waals surface area contributed by atoms with Gasteiger partial charge in [0.1, 0.15) is 29.3 Å². The largest absolute Gasteiger partial charge is 0.455 e. The molecule has 1 amide bonds. The van der Waals surface area contributed by atoms with Gasteiger partial charge in [0.05, 0.1) is 11.6 Å². The standard InChI is InChI=1S/C28H31N7O2/c1-18-14-20(8-10-24(18)37-21-9-7-19(2)29-15-21)32-27-26-22-16-35(25(36)6-5-12-34(3)4)13-11-23(22)33-28(26)31-17-30-27/h5-10,14-15,17H,11-13,16H2,1-4H3,(H2,30,31,32,33)/b6-5+. The maximum atomic E-state index is 12.8. The number of aromatic amines is 1. The molecule has 2 N–H and O–H groups in total. The van der Waals surface area contributed by atoms with Gasteiger partial charge in [0.15, 0.2) is 0 Å². The Morgan fingerprint density at radius 3 is 2.81 bits per heavy atom. The number of aryl methyl sites for hydroxylation is 2. The van der Waals surface area contributed by atoms with E-state index in [9.17, 15) is 4.79 Å². The van der Waals surface area contributed by atoms with Crippen molar-refractivity contribution in [2.24, 2.45) is 0 Å². The molecule has 0 radical (unpaired) electrons. The number of rotatable bonds is 7. The summed E-state index contributed by atoms with van der Waals surface area (Å²) in [5, 5.41) is 4.36. The lowest BCUT2D eigenvalue weighted by atomic mass is 10.1. The molecule has 9 heteroatoms. The minimum Gasteiger partial charge on any atom is -0.455 e. The third-order valence-electron chi connectivity index (χ3n) is 6.36. The normalized spacial score (nSPS) is 13.4. The van der Waals surface area contributed by atoms with E-state index >= 15 is 0 Å². The molecule has 190 valence electrons. The highest BCUT2D eigenvalue weighted by atomic mass is 16.5. The Hall–Kier alpha value is -4.24. The maximum Gasteiger partial charge on any atom is 0.246 e. The van der Waals surface area contributed by atoms with E-state index in [4.69, 9.17) is 4.74 Å². The Kier molecular flexibility index (Phi) is 6.87. The van der Waals surface area contributed by atoms with Crippen molar-refractivity contribution in [1.29, 1.82) is 0 Å². The van der Waals surface area contributed by atoms with Crippen LogP contribution in [0.2, 0.25) is 0 Å². The van der Waals surface area contributed by atoms with Crippen LogP contribution in [0.5, 0.6) is 11.5 Å². The first kappa shape index (κ1) is 24.5. The lowest BCUT2D eigenvalue weighted by Crippen LogP contribution is -2.34. The summed E-state index contributed by atoms with van der Waals surface area (Å²) in [5.74, 6) is 2.18. The monoisotopic (exact) mass is 497 g/mol. The van der Waals surface area contributed by atoms with Gasteiger partial charge in [0, 0.05) is 54.8 Å². The van der Waals surface area contributed by atoms with Crippen LogP contribution in [0.25, 0.3) is 11.0 Å². The van der Waals surface area contributed by atoms with E-state index in [1.165, 1.54) is 0 Å². The second kappa shape index (κ2) is 10.4. The van der Waals surface area contributed by atoms with Crippen LogP contribution in [0.3, 0.4) is 0 Å². The molecule has 1 aromatic carbocycles. The number of carbonyl (C=O) groups excluding carboxylic acids is 1. The maximum absolute atomic E-state index is 12.8. The zero-order valence-electron chi connectivity index (χ0n) is 21.6. The van der Waals surface area contributed by atoms with E-state index in [1.807, 2.05) is 74.2 Å². The van der Waals surface area contributed by atoms with E-state index in [0.29, 0.717) is 24.7 Å². The Labute approximate surface area is 216 Å². The highest BCUT2D eigenvalue weighted by Crippen LogP contribution is 2.34. The first-order chi connectivity index (χ1) is 17.9. The number of nitrogens with one attached hydrogen (secondary N) is 2. The molecule has 5 rings (SSSR count). The summed E-state index contributed by atoms with van der Waals surface area (Å²) in [5.41, 5.74) is 5.74. The molecule has 0 bridgehead atoms. The highest BCUT2D eigenvalue weighted by molar-refractivity contribution is 5.94. The molecule has 3 aromatic heterocycles. The summed E-state index contributed by atoms with van der Waals surface area (Å²) in [6, 6.07) is 9.75. The van der Waals surface area contributed by atoms with Gasteiger partial charge < -0.3 is 24.8 Å². The van der Waals surface area contributed by atoms with Crippen LogP contribution in [0, 0.1) is 13.8 Å². The molecule has 1 aliphatic heterocycles. The molecule has 0 atom stereocenters. The number of anilines is 2. The average Bonchev–Trinajstić information content (AvgIpc) is 3.25. The smallest absolute Gasteiger partial charge is 0.246 e. The number of pyridine rings is 1. The molecule has 0 unspecified atom stereocenters.